The lowest BCUT2D eigenvalue weighted by Gasteiger charge is -2.22. The van der Waals surface area contributed by atoms with Crippen LogP contribution in [0, 0.1) is 0 Å². The maximum absolute atomic E-state index is 12.4. The van der Waals surface area contributed by atoms with Crippen LogP contribution in [-0.2, 0) is 4.79 Å². The Labute approximate surface area is 289 Å². The molecule has 276 valence electrons. The number of aliphatic hydroxyl groups is 2. The van der Waals surface area contributed by atoms with Crippen molar-refractivity contribution in [1.29, 1.82) is 0 Å². The Kier molecular flexibility index (Phi) is 38.3. The molecule has 0 aliphatic heterocycles. The fraction of sp³-hybridized carbons (Fsp3) is 0.976. The highest BCUT2D eigenvalue weighted by Gasteiger charge is 2.20. The Balaban J connectivity index is 3.48. The number of carbonyl (C=O) groups is 1. The van der Waals surface area contributed by atoms with Gasteiger partial charge in [0.15, 0.2) is 0 Å². The average Bonchev–Trinajstić information content (AvgIpc) is 3.06. The van der Waals surface area contributed by atoms with E-state index in [1.807, 2.05) is 0 Å². The van der Waals surface area contributed by atoms with Crippen LogP contribution in [0.3, 0.4) is 0 Å². The van der Waals surface area contributed by atoms with Gasteiger partial charge >= 0.3 is 0 Å². The van der Waals surface area contributed by atoms with Gasteiger partial charge in [0.1, 0.15) is 0 Å². The molecule has 0 unspecified atom stereocenters. The standard InChI is InChI=1S/C42H85NO3/c1-3-5-7-9-11-13-15-17-19-21-22-24-26-28-30-32-34-36-38-42(46)43-40(39-44)41(45)37-35-33-31-29-27-25-23-20-18-16-14-12-10-8-6-4-2/h40-41,44-45H,3-39H2,1-2H3,(H,43,46)/t40-,41+/m0/s1. The average molecular weight is 652 g/mol. The summed E-state index contributed by atoms with van der Waals surface area (Å²) in [6.45, 7) is 4.38. The molecule has 0 aromatic rings. The van der Waals surface area contributed by atoms with E-state index in [1.54, 1.807) is 0 Å². The fourth-order valence-corrected chi connectivity index (χ4v) is 6.83. The third kappa shape index (κ3) is 34.7. The molecule has 3 N–H and O–H groups in total. The van der Waals surface area contributed by atoms with Crippen molar-refractivity contribution in [3.8, 4) is 0 Å². The molecule has 4 nitrogen and oxygen atoms in total. The van der Waals surface area contributed by atoms with Crippen LogP contribution in [-0.4, -0.2) is 34.9 Å². The monoisotopic (exact) mass is 652 g/mol. The molecular weight excluding hydrogens is 566 g/mol. The number of hydrogen-bond acceptors (Lipinski definition) is 3. The summed E-state index contributed by atoms with van der Waals surface area (Å²) in [5, 5.41) is 23.1. The maximum Gasteiger partial charge on any atom is 0.220 e. The van der Waals surface area contributed by atoms with Crippen molar-refractivity contribution in [2.24, 2.45) is 0 Å². The summed E-state index contributed by atoms with van der Waals surface area (Å²) in [6.07, 6.45) is 46.0. The van der Waals surface area contributed by atoms with Gasteiger partial charge in [0, 0.05) is 6.42 Å². The van der Waals surface area contributed by atoms with Crippen molar-refractivity contribution in [3.05, 3.63) is 0 Å². The SMILES string of the molecule is CCCCCCCCCCCCCCCCCCCCC(=O)N[C@@H](CO)[C@H](O)CCCCCCCCCCCCCCCCCC. The number of nitrogens with one attached hydrogen (secondary N) is 1. The first-order valence-electron chi connectivity index (χ1n) is 21.2. The summed E-state index contributed by atoms with van der Waals surface area (Å²) in [7, 11) is 0. The molecule has 0 saturated carbocycles. The van der Waals surface area contributed by atoms with Gasteiger partial charge in [0.2, 0.25) is 5.91 Å². The molecule has 0 radical (unpaired) electrons. The molecule has 0 bridgehead atoms. The fourth-order valence-electron chi connectivity index (χ4n) is 6.83. The van der Waals surface area contributed by atoms with Gasteiger partial charge in [-0.1, -0.05) is 226 Å². The van der Waals surface area contributed by atoms with Crippen molar-refractivity contribution < 1.29 is 15.0 Å². The summed E-state index contributed by atoms with van der Waals surface area (Å²) >= 11 is 0. The number of amides is 1. The Morgan fingerprint density at radius 1 is 0.435 bits per heavy atom. The summed E-state index contributed by atoms with van der Waals surface area (Å²) in [4.78, 5) is 12.4. The molecule has 46 heavy (non-hydrogen) atoms. The molecule has 0 aliphatic carbocycles. The Hall–Kier alpha value is -0.610. The highest BCUT2D eigenvalue weighted by Crippen LogP contribution is 2.17. The molecule has 0 aromatic heterocycles. The molecule has 0 saturated heterocycles. The third-order valence-corrected chi connectivity index (χ3v) is 10.1. The molecular formula is C42H85NO3. The van der Waals surface area contributed by atoms with Crippen molar-refractivity contribution >= 4 is 5.91 Å². The largest absolute Gasteiger partial charge is 0.394 e. The van der Waals surface area contributed by atoms with Crippen molar-refractivity contribution in [2.45, 2.75) is 257 Å². The molecule has 0 fully saturated rings. The number of unbranched alkanes of at least 4 members (excludes halogenated alkanes) is 32. The third-order valence-electron chi connectivity index (χ3n) is 10.1. The van der Waals surface area contributed by atoms with Gasteiger partial charge in [0.05, 0.1) is 18.8 Å². The van der Waals surface area contributed by atoms with E-state index >= 15 is 0 Å². The molecule has 0 spiro atoms. The van der Waals surface area contributed by atoms with Gasteiger partial charge in [-0.05, 0) is 12.8 Å². The molecule has 2 atom stereocenters. The van der Waals surface area contributed by atoms with Crippen molar-refractivity contribution in [3.63, 3.8) is 0 Å². The first-order chi connectivity index (χ1) is 22.7. The van der Waals surface area contributed by atoms with Crippen LogP contribution in [0.1, 0.15) is 245 Å². The van der Waals surface area contributed by atoms with Crippen LogP contribution >= 0.6 is 0 Å². The summed E-state index contributed by atoms with van der Waals surface area (Å²) in [6, 6.07) is -0.528. The van der Waals surface area contributed by atoms with Crippen molar-refractivity contribution in [1.82, 2.24) is 5.32 Å². The Morgan fingerprint density at radius 3 is 0.978 bits per heavy atom. The summed E-state index contributed by atoms with van der Waals surface area (Å²) in [5.74, 6) is -0.0263. The van der Waals surface area contributed by atoms with Gasteiger partial charge in [-0.15, -0.1) is 0 Å². The molecule has 4 heteroatoms. The normalized spacial score (nSPS) is 12.9. The molecule has 0 aliphatic rings. The van der Waals surface area contributed by atoms with Gasteiger partial charge in [-0.25, -0.2) is 0 Å². The minimum atomic E-state index is -0.652. The van der Waals surface area contributed by atoms with E-state index in [9.17, 15) is 15.0 Å². The highest BCUT2D eigenvalue weighted by molar-refractivity contribution is 5.76. The van der Waals surface area contributed by atoms with E-state index in [4.69, 9.17) is 0 Å². The summed E-state index contributed by atoms with van der Waals surface area (Å²) in [5.41, 5.74) is 0. The molecule has 0 rings (SSSR count). The summed E-state index contributed by atoms with van der Waals surface area (Å²) < 4.78 is 0. The zero-order chi connectivity index (χ0) is 33.6. The first-order valence-corrected chi connectivity index (χ1v) is 21.2. The van der Waals surface area contributed by atoms with E-state index in [0.29, 0.717) is 12.8 Å². The second kappa shape index (κ2) is 38.8. The lowest BCUT2D eigenvalue weighted by molar-refractivity contribution is -0.123. The van der Waals surface area contributed by atoms with E-state index in [2.05, 4.69) is 19.2 Å². The van der Waals surface area contributed by atoms with Crippen LogP contribution in [0.4, 0.5) is 0 Å². The van der Waals surface area contributed by atoms with Crippen LogP contribution in [0.2, 0.25) is 0 Å². The van der Waals surface area contributed by atoms with E-state index in [-0.39, 0.29) is 12.5 Å². The molecule has 1 amide bonds. The van der Waals surface area contributed by atoms with Crippen LogP contribution in [0.15, 0.2) is 0 Å². The van der Waals surface area contributed by atoms with Gasteiger partial charge < -0.3 is 15.5 Å². The molecule has 0 aromatic carbocycles. The Bertz CT molecular complexity index is 583. The number of aliphatic hydroxyl groups excluding tert-OH is 2. The van der Waals surface area contributed by atoms with E-state index in [1.165, 1.54) is 193 Å². The quantitative estimate of drug-likeness (QED) is 0.0579. The minimum absolute atomic E-state index is 0.0263. The number of rotatable bonds is 39. The van der Waals surface area contributed by atoms with Crippen LogP contribution in [0.25, 0.3) is 0 Å². The zero-order valence-electron chi connectivity index (χ0n) is 31.6. The second-order valence-electron chi connectivity index (χ2n) is 14.8. The van der Waals surface area contributed by atoms with Crippen molar-refractivity contribution in [2.75, 3.05) is 6.61 Å². The lowest BCUT2D eigenvalue weighted by Crippen LogP contribution is -2.45. The highest BCUT2D eigenvalue weighted by atomic mass is 16.3. The maximum atomic E-state index is 12.4. The van der Waals surface area contributed by atoms with Gasteiger partial charge in [-0.3, -0.25) is 4.79 Å². The number of hydrogen-bond donors (Lipinski definition) is 3. The number of carbonyl (C=O) groups excluding carboxylic acids is 1. The topological polar surface area (TPSA) is 69.6 Å². The van der Waals surface area contributed by atoms with Gasteiger partial charge in [-0.2, -0.15) is 0 Å². The van der Waals surface area contributed by atoms with E-state index < -0.39 is 12.1 Å². The predicted octanol–water partition coefficient (Wildman–Crippen LogP) is 12.9. The first kappa shape index (κ1) is 45.4. The zero-order valence-corrected chi connectivity index (χ0v) is 31.6. The smallest absolute Gasteiger partial charge is 0.220 e. The Morgan fingerprint density at radius 2 is 0.696 bits per heavy atom. The van der Waals surface area contributed by atoms with Gasteiger partial charge in [0.25, 0.3) is 0 Å². The minimum Gasteiger partial charge on any atom is -0.394 e. The predicted molar refractivity (Wildman–Crippen MR) is 203 cm³/mol. The van der Waals surface area contributed by atoms with Crippen LogP contribution < -0.4 is 5.32 Å². The molecule has 0 heterocycles. The second-order valence-corrected chi connectivity index (χ2v) is 14.8. The van der Waals surface area contributed by atoms with Crippen LogP contribution in [0.5, 0.6) is 0 Å². The van der Waals surface area contributed by atoms with E-state index in [0.717, 1.165) is 25.7 Å². The lowest BCUT2D eigenvalue weighted by atomic mass is 10.0.